The Kier molecular flexibility index (Phi) is 47.4. The van der Waals surface area contributed by atoms with Crippen molar-refractivity contribution in [3.63, 3.8) is 0 Å². The minimum Gasteiger partial charge on any atom is -0.550 e. The second kappa shape index (κ2) is 22.7. The van der Waals surface area contributed by atoms with Gasteiger partial charge in [0.1, 0.15) is 0 Å². The molecule has 1 radical (unpaired) electrons. The predicted octanol–water partition coefficient (Wildman–Crippen LogP) is -3.57. The molecule has 14 heavy (non-hydrogen) atoms. The van der Waals surface area contributed by atoms with Crippen molar-refractivity contribution >= 4 is 17.9 Å². The van der Waals surface area contributed by atoms with E-state index in [0.717, 1.165) is 20.8 Å². The molecule has 0 aliphatic rings. The first-order valence-corrected chi connectivity index (χ1v) is 2.72. The quantitative estimate of drug-likeness (QED) is 0.435. The van der Waals surface area contributed by atoms with Gasteiger partial charge in [-0.15, -0.1) is 0 Å². The van der Waals surface area contributed by atoms with Crippen molar-refractivity contribution in [1.29, 1.82) is 0 Å². The van der Waals surface area contributed by atoms with Gasteiger partial charge in [-0.2, -0.15) is 0 Å². The first-order valence-electron chi connectivity index (χ1n) is 2.72. The summed E-state index contributed by atoms with van der Waals surface area (Å²) < 4.78 is 0. The van der Waals surface area contributed by atoms with Crippen molar-refractivity contribution < 1.29 is 46.8 Å². The Morgan fingerprint density at radius 2 is 0.714 bits per heavy atom. The van der Waals surface area contributed by atoms with Gasteiger partial charge in [0.05, 0.1) is 0 Å². The van der Waals surface area contributed by atoms with Crippen LogP contribution in [0.2, 0.25) is 0 Å². The van der Waals surface area contributed by atoms with Gasteiger partial charge in [0.25, 0.3) is 0 Å². The van der Waals surface area contributed by atoms with Gasteiger partial charge in [-0.3, -0.25) is 0 Å². The Morgan fingerprint density at radius 3 is 0.714 bits per heavy atom. The van der Waals surface area contributed by atoms with Gasteiger partial charge in [-0.1, -0.05) is 0 Å². The van der Waals surface area contributed by atoms with Crippen LogP contribution in [0.15, 0.2) is 0 Å². The van der Waals surface area contributed by atoms with Gasteiger partial charge in [0.15, 0.2) is 0 Å². The SMILES string of the molecule is CC(=O)[O-].CC(=O)[O-].CC(=O)[O-].N.[Fe+3]. The number of aliphatic carboxylic acids is 3. The van der Waals surface area contributed by atoms with Gasteiger partial charge in [0, 0.05) is 17.9 Å². The summed E-state index contributed by atoms with van der Waals surface area (Å²) >= 11 is 0. The second-order valence-corrected chi connectivity index (χ2v) is 1.47. The van der Waals surface area contributed by atoms with Crippen LogP contribution in [0.1, 0.15) is 20.8 Å². The van der Waals surface area contributed by atoms with Crippen LogP contribution >= 0.6 is 0 Å². The second-order valence-electron chi connectivity index (χ2n) is 1.47. The maximum atomic E-state index is 8.89. The van der Waals surface area contributed by atoms with Gasteiger partial charge >= 0.3 is 17.1 Å². The summed E-state index contributed by atoms with van der Waals surface area (Å²) in [6.45, 7) is 2.92. The number of hydrogen-bond donors (Lipinski definition) is 1. The average Bonchev–Trinajstić information content (AvgIpc) is 1.54. The summed E-state index contributed by atoms with van der Waals surface area (Å²) in [5.41, 5.74) is 0. The van der Waals surface area contributed by atoms with Gasteiger partial charge in [-0.05, 0) is 20.8 Å². The molecule has 0 saturated heterocycles. The maximum Gasteiger partial charge on any atom is 3.00 e. The van der Waals surface area contributed by atoms with Crippen molar-refractivity contribution in [3.05, 3.63) is 0 Å². The van der Waals surface area contributed by atoms with Crippen LogP contribution < -0.4 is 21.5 Å². The molecular formula is C6H12FeNO6. The fraction of sp³-hybridized carbons (Fsp3) is 0.500. The number of carboxylic acid groups (broad SMARTS) is 3. The summed E-state index contributed by atoms with van der Waals surface area (Å²) in [6.07, 6.45) is 0. The molecule has 0 fully saturated rings. The normalized spacial score (nSPS) is 5.36. The zero-order chi connectivity index (χ0) is 10.7. The van der Waals surface area contributed by atoms with Crippen molar-refractivity contribution in [2.75, 3.05) is 0 Å². The third-order valence-electron chi connectivity index (χ3n) is 0. The predicted molar refractivity (Wildman–Crippen MR) is 37.1 cm³/mol. The Hall–Kier alpha value is -1.11. The van der Waals surface area contributed by atoms with Crippen LogP contribution in [-0.4, -0.2) is 17.9 Å². The maximum absolute atomic E-state index is 8.89. The molecule has 0 bridgehead atoms. The minimum absolute atomic E-state index is 0. The molecule has 0 aromatic rings. The number of carbonyl (C=O) groups excluding carboxylic acids is 3. The monoisotopic (exact) mass is 250 g/mol. The van der Waals surface area contributed by atoms with Crippen LogP contribution in [0.5, 0.6) is 0 Å². The van der Waals surface area contributed by atoms with Crippen LogP contribution in [0.25, 0.3) is 0 Å². The first-order chi connectivity index (χ1) is 5.20. The molecule has 7 nitrogen and oxygen atoms in total. The fourth-order valence-corrected chi connectivity index (χ4v) is 0. The standard InChI is InChI=1S/3C2H4O2.Fe.H3N/c3*1-2(3)4;;/h3*1H3,(H,3,4);;1H3/q;;;+3;/p-3. The first kappa shape index (κ1) is 29.3. The van der Waals surface area contributed by atoms with E-state index >= 15 is 0 Å². The van der Waals surface area contributed by atoms with E-state index in [9.17, 15) is 0 Å². The Bertz CT molecular complexity index is 120. The summed E-state index contributed by atoms with van der Waals surface area (Å²) in [7, 11) is 0. The number of rotatable bonds is 0. The molecule has 3 N–H and O–H groups in total. The zero-order valence-corrected chi connectivity index (χ0v) is 9.11. The minimum atomic E-state index is -1.08. The smallest absolute Gasteiger partial charge is 0.550 e. The van der Waals surface area contributed by atoms with Gasteiger partial charge < -0.3 is 35.9 Å². The van der Waals surface area contributed by atoms with E-state index in [2.05, 4.69) is 0 Å². The molecule has 0 saturated carbocycles. The molecule has 0 spiro atoms. The van der Waals surface area contributed by atoms with Crippen molar-refractivity contribution in [3.8, 4) is 0 Å². The zero-order valence-electron chi connectivity index (χ0n) is 8.01. The number of carbonyl (C=O) groups is 3. The van der Waals surface area contributed by atoms with E-state index < -0.39 is 17.9 Å². The van der Waals surface area contributed by atoms with Crippen LogP contribution in [0.3, 0.4) is 0 Å². The summed E-state index contributed by atoms with van der Waals surface area (Å²) in [5, 5.41) is 26.7. The van der Waals surface area contributed by atoms with Crippen molar-refractivity contribution in [1.82, 2.24) is 6.15 Å². The number of carboxylic acids is 3. The molecule has 0 atom stereocenters. The molecule has 0 rings (SSSR count). The molecule has 0 aliphatic carbocycles. The van der Waals surface area contributed by atoms with Gasteiger partial charge in [-0.25, -0.2) is 0 Å². The summed E-state index contributed by atoms with van der Waals surface area (Å²) in [5.74, 6) is -3.25. The van der Waals surface area contributed by atoms with E-state index in [1.165, 1.54) is 0 Å². The molecule has 0 unspecified atom stereocenters. The largest absolute Gasteiger partial charge is 3.00 e. The van der Waals surface area contributed by atoms with Crippen LogP contribution in [-0.2, 0) is 31.5 Å². The van der Waals surface area contributed by atoms with Crippen LogP contribution in [0.4, 0.5) is 0 Å². The van der Waals surface area contributed by atoms with Crippen molar-refractivity contribution in [2.45, 2.75) is 20.8 Å². The average molecular weight is 250 g/mol. The molecule has 85 valence electrons. The molecule has 8 heteroatoms. The van der Waals surface area contributed by atoms with E-state index in [0.29, 0.717) is 0 Å². The topological polar surface area (TPSA) is 155 Å². The molecule has 0 amide bonds. The number of hydrogen-bond acceptors (Lipinski definition) is 7. The molecule has 0 aliphatic heterocycles. The summed E-state index contributed by atoms with van der Waals surface area (Å²) in [6, 6.07) is 0. The molecule has 0 aromatic carbocycles. The van der Waals surface area contributed by atoms with E-state index in [-0.39, 0.29) is 23.2 Å². The Labute approximate surface area is 92.2 Å². The van der Waals surface area contributed by atoms with Gasteiger partial charge in [0.2, 0.25) is 0 Å². The molecular weight excluding hydrogens is 238 g/mol. The van der Waals surface area contributed by atoms with E-state index in [1.807, 2.05) is 0 Å². The molecule has 0 aromatic heterocycles. The van der Waals surface area contributed by atoms with E-state index in [4.69, 9.17) is 29.7 Å². The third-order valence-corrected chi connectivity index (χ3v) is 0. The fourth-order valence-electron chi connectivity index (χ4n) is 0. The third kappa shape index (κ3) is 864. The summed E-state index contributed by atoms with van der Waals surface area (Å²) in [4.78, 5) is 26.7. The van der Waals surface area contributed by atoms with Crippen LogP contribution in [0, 0.1) is 0 Å². The molecule has 0 heterocycles. The van der Waals surface area contributed by atoms with Crippen molar-refractivity contribution in [2.24, 2.45) is 0 Å². The Morgan fingerprint density at radius 1 is 0.714 bits per heavy atom. The van der Waals surface area contributed by atoms with E-state index in [1.54, 1.807) is 0 Å². The Balaban J connectivity index is -0.0000000270.